The van der Waals surface area contributed by atoms with E-state index in [2.05, 4.69) is 28.8 Å². The van der Waals surface area contributed by atoms with Crippen LogP contribution < -0.4 is 20.1 Å². The van der Waals surface area contributed by atoms with Gasteiger partial charge in [-0.2, -0.15) is 0 Å². The number of fused-ring (bicyclic) bond motifs is 1. The third kappa shape index (κ3) is 4.28. The molecule has 2 N–H and O–H groups in total. The zero-order chi connectivity index (χ0) is 18.4. The number of aryl methyl sites for hydroxylation is 1. The minimum absolute atomic E-state index is 0.0982. The minimum atomic E-state index is -0.118. The number of hydrogen-bond acceptors (Lipinski definition) is 3. The summed E-state index contributed by atoms with van der Waals surface area (Å²) in [6, 6.07) is 14.1. The van der Waals surface area contributed by atoms with Gasteiger partial charge in [0, 0.05) is 6.54 Å². The number of methoxy groups -OCH3 is 2. The molecular weight excluding hydrogens is 328 g/mol. The topological polar surface area (TPSA) is 59.6 Å². The van der Waals surface area contributed by atoms with Crippen molar-refractivity contribution in [3.8, 4) is 11.5 Å². The highest BCUT2D eigenvalue weighted by molar-refractivity contribution is 5.74. The maximum absolute atomic E-state index is 12.3. The molecule has 0 fully saturated rings. The average Bonchev–Trinajstić information content (AvgIpc) is 2.68. The Morgan fingerprint density at radius 1 is 1.12 bits per heavy atom. The summed E-state index contributed by atoms with van der Waals surface area (Å²) < 4.78 is 10.6. The van der Waals surface area contributed by atoms with Crippen molar-refractivity contribution < 1.29 is 14.3 Å². The fourth-order valence-electron chi connectivity index (χ4n) is 3.47. The van der Waals surface area contributed by atoms with E-state index >= 15 is 0 Å². The number of hydrogen-bond donors (Lipinski definition) is 2. The second-order valence-corrected chi connectivity index (χ2v) is 6.48. The summed E-state index contributed by atoms with van der Waals surface area (Å²) in [7, 11) is 3.24. The van der Waals surface area contributed by atoms with Gasteiger partial charge < -0.3 is 20.1 Å². The number of carbonyl (C=O) groups excluding carboxylic acids is 1. The van der Waals surface area contributed by atoms with Gasteiger partial charge in [0.2, 0.25) is 0 Å². The van der Waals surface area contributed by atoms with Crippen LogP contribution in [0.2, 0.25) is 0 Å². The molecule has 0 saturated heterocycles. The van der Waals surface area contributed by atoms with Crippen molar-refractivity contribution in [2.24, 2.45) is 0 Å². The Morgan fingerprint density at radius 3 is 2.73 bits per heavy atom. The highest BCUT2D eigenvalue weighted by atomic mass is 16.5. The quantitative estimate of drug-likeness (QED) is 0.833. The molecule has 1 unspecified atom stereocenters. The summed E-state index contributed by atoms with van der Waals surface area (Å²) in [6.07, 6.45) is 3.91. The van der Waals surface area contributed by atoms with Crippen molar-refractivity contribution in [2.75, 3.05) is 20.8 Å². The van der Waals surface area contributed by atoms with Crippen LogP contribution in [0.15, 0.2) is 42.5 Å². The van der Waals surface area contributed by atoms with Crippen LogP contribution in [0, 0.1) is 0 Å². The van der Waals surface area contributed by atoms with Crippen molar-refractivity contribution in [3.05, 3.63) is 59.2 Å². The lowest BCUT2D eigenvalue weighted by molar-refractivity contribution is 0.235. The highest BCUT2D eigenvalue weighted by Gasteiger charge is 2.21. The lowest BCUT2D eigenvalue weighted by atomic mass is 9.88. The Morgan fingerprint density at radius 2 is 1.92 bits per heavy atom. The van der Waals surface area contributed by atoms with Crippen LogP contribution in [-0.2, 0) is 12.8 Å². The maximum Gasteiger partial charge on any atom is 0.315 e. The lowest BCUT2D eigenvalue weighted by Gasteiger charge is -2.26. The van der Waals surface area contributed by atoms with Gasteiger partial charge in [-0.1, -0.05) is 30.3 Å². The van der Waals surface area contributed by atoms with Gasteiger partial charge in [-0.15, -0.1) is 0 Å². The van der Waals surface area contributed by atoms with E-state index in [0.29, 0.717) is 18.0 Å². The van der Waals surface area contributed by atoms with Crippen LogP contribution in [0.25, 0.3) is 0 Å². The Kier molecular flexibility index (Phi) is 6.00. The van der Waals surface area contributed by atoms with Crippen molar-refractivity contribution >= 4 is 6.03 Å². The van der Waals surface area contributed by atoms with Crippen LogP contribution in [0.3, 0.4) is 0 Å². The third-order valence-corrected chi connectivity index (χ3v) is 4.82. The molecule has 1 aliphatic rings. The number of nitrogens with one attached hydrogen (secondary N) is 2. The average molecular weight is 354 g/mol. The van der Waals surface area contributed by atoms with Crippen molar-refractivity contribution in [1.82, 2.24) is 10.6 Å². The van der Waals surface area contributed by atoms with E-state index in [1.807, 2.05) is 24.3 Å². The zero-order valence-electron chi connectivity index (χ0n) is 15.4. The first-order chi connectivity index (χ1) is 12.7. The first kappa shape index (κ1) is 18.1. The Balaban J connectivity index is 1.51. The SMILES string of the molecule is COc1ccc(CCNC(=O)NC2CCCc3ccccc32)cc1OC. The molecule has 0 bridgehead atoms. The number of benzene rings is 2. The molecule has 0 aliphatic heterocycles. The van der Waals surface area contributed by atoms with Crippen LogP contribution >= 0.6 is 0 Å². The molecule has 1 atom stereocenters. The van der Waals surface area contributed by atoms with E-state index in [1.165, 1.54) is 11.1 Å². The van der Waals surface area contributed by atoms with Gasteiger partial charge >= 0.3 is 6.03 Å². The normalized spacial score (nSPS) is 15.7. The Labute approximate surface area is 154 Å². The molecule has 0 spiro atoms. The van der Waals surface area contributed by atoms with Crippen LogP contribution in [0.5, 0.6) is 11.5 Å². The standard InChI is InChI=1S/C21H26N2O3/c1-25-19-11-10-15(14-20(19)26-2)12-13-22-21(24)23-18-9-5-7-16-6-3-4-8-17(16)18/h3-4,6,8,10-11,14,18H,5,7,9,12-13H2,1-2H3,(H2,22,23,24). The van der Waals surface area contributed by atoms with Crippen molar-refractivity contribution in [2.45, 2.75) is 31.7 Å². The monoisotopic (exact) mass is 354 g/mol. The summed E-state index contributed by atoms with van der Waals surface area (Å²) in [6.45, 7) is 0.565. The van der Waals surface area contributed by atoms with Crippen LogP contribution in [0.4, 0.5) is 4.79 Å². The number of rotatable bonds is 6. The van der Waals surface area contributed by atoms with E-state index in [0.717, 1.165) is 31.2 Å². The molecule has 5 nitrogen and oxygen atoms in total. The molecule has 0 radical (unpaired) electrons. The van der Waals surface area contributed by atoms with E-state index in [9.17, 15) is 4.79 Å². The van der Waals surface area contributed by atoms with Crippen LogP contribution in [-0.4, -0.2) is 26.8 Å². The van der Waals surface area contributed by atoms with Gasteiger partial charge in [0.25, 0.3) is 0 Å². The lowest BCUT2D eigenvalue weighted by Crippen LogP contribution is -2.39. The molecule has 0 heterocycles. The minimum Gasteiger partial charge on any atom is -0.493 e. The molecule has 2 amide bonds. The van der Waals surface area contributed by atoms with E-state index < -0.39 is 0 Å². The molecule has 5 heteroatoms. The smallest absolute Gasteiger partial charge is 0.315 e. The zero-order valence-corrected chi connectivity index (χ0v) is 15.4. The predicted octanol–water partition coefficient (Wildman–Crippen LogP) is 3.62. The van der Waals surface area contributed by atoms with Crippen LogP contribution in [0.1, 0.15) is 35.6 Å². The molecule has 138 valence electrons. The Hall–Kier alpha value is -2.69. The van der Waals surface area contributed by atoms with Crippen molar-refractivity contribution in [3.63, 3.8) is 0 Å². The van der Waals surface area contributed by atoms with Crippen molar-refractivity contribution in [1.29, 1.82) is 0 Å². The highest BCUT2D eigenvalue weighted by Crippen LogP contribution is 2.29. The molecule has 1 aliphatic carbocycles. The predicted molar refractivity (Wildman–Crippen MR) is 102 cm³/mol. The Bertz CT molecular complexity index is 761. The summed E-state index contributed by atoms with van der Waals surface area (Å²) >= 11 is 0. The summed E-state index contributed by atoms with van der Waals surface area (Å²) in [5.74, 6) is 1.41. The fourth-order valence-corrected chi connectivity index (χ4v) is 3.47. The molecule has 2 aromatic rings. The fraction of sp³-hybridized carbons (Fsp3) is 0.381. The maximum atomic E-state index is 12.3. The van der Waals surface area contributed by atoms with Gasteiger partial charge in [0.05, 0.1) is 20.3 Å². The molecule has 3 rings (SSSR count). The van der Waals surface area contributed by atoms with Gasteiger partial charge in [-0.25, -0.2) is 4.79 Å². The number of amides is 2. The molecule has 0 aromatic heterocycles. The van der Waals surface area contributed by atoms with Gasteiger partial charge in [-0.3, -0.25) is 0 Å². The first-order valence-electron chi connectivity index (χ1n) is 9.04. The molecule has 26 heavy (non-hydrogen) atoms. The van der Waals surface area contributed by atoms with Gasteiger partial charge in [0.1, 0.15) is 0 Å². The van der Waals surface area contributed by atoms with E-state index in [-0.39, 0.29) is 12.1 Å². The first-order valence-corrected chi connectivity index (χ1v) is 9.04. The van der Waals surface area contributed by atoms with E-state index in [1.54, 1.807) is 14.2 Å². The number of urea groups is 1. The largest absolute Gasteiger partial charge is 0.493 e. The number of carbonyl (C=O) groups is 1. The second kappa shape index (κ2) is 8.61. The molecule has 0 saturated carbocycles. The molecular formula is C21H26N2O3. The summed E-state index contributed by atoms with van der Waals surface area (Å²) in [4.78, 5) is 12.3. The third-order valence-electron chi connectivity index (χ3n) is 4.82. The summed E-state index contributed by atoms with van der Waals surface area (Å²) in [5.41, 5.74) is 3.68. The summed E-state index contributed by atoms with van der Waals surface area (Å²) in [5, 5.41) is 6.06. The van der Waals surface area contributed by atoms with Gasteiger partial charge in [0.15, 0.2) is 11.5 Å². The molecule has 2 aromatic carbocycles. The number of ether oxygens (including phenoxy) is 2. The van der Waals surface area contributed by atoms with E-state index in [4.69, 9.17) is 9.47 Å². The second-order valence-electron chi connectivity index (χ2n) is 6.48. The van der Waals surface area contributed by atoms with Gasteiger partial charge in [-0.05, 0) is 54.5 Å².